The van der Waals surface area contributed by atoms with E-state index in [1.54, 1.807) is 0 Å². The standard InChI is InChI=1S/C16H29NO3/c1-11(2)10-14(12(3)16(19)20-4)17-15(18)13-8-6-5-7-9-13/h11-14H,5-10H2,1-4H3,(H,17,18)/t12?,14-/m0/s1. The number of hydrogen-bond acceptors (Lipinski definition) is 3. The summed E-state index contributed by atoms with van der Waals surface area (Å²) in [6.07, 6.45) is 6.27. The summed E-state index contributed by atoms with van der Waals surface area (Å²) in [4.78, 5) is 24.1. The molecule has 1 saturated carbocycles. The second-order valence-corrected chi connectivity index (χ2v) is 6.39. The van der Waals surface area contributed by atoms with E-state index < -0.39 is 0 Å². The van der Waals surface area contributed by atoms with Crippen molar-refractivity contribution in [2.75, 3.05) is 7.11 Å². The summed E-state index contributed by atoms with van der Waals surface area (Å²) >= 11 is 0. The van der Waals surface area contributed by atoms with Crippen LogP contribution in [0.25, 0.3) is 0 Å². The molecule has 0 aromatic carbocycles. The van der Waals surface area contributed by atoms with Crippen LogP contribution in [0.3, 0.4) is 0 Å². The number of nitrogens with one attached hydrogen (secondary N) is 1. The molecule has 2 atom stereocenters. The second kappa shape index (κ2) is 8.28. The molecular formula is C16H29NO3. The van der Waals surface area contributed by atoms with E-state index in [0.717, 1.165) is 32.1 Å². The van der Waals surface area contributed by atoms with Gasteiger partial charge in [-0.25, -0.2) is 0 Å². The topological polar surface area (TPSA) is 55.4 Å². The van der Waals surface area contributed by atoms with Crippen LogP contribution in [0.15, 0.2) is 0 Å². The van der Waals surface area contributed by atoms with Crippen LogP contribution in [-0.4, -0.2) is 25.0 Å². The Morgan fingerprint density at radius 1 is 1.15 bits per heavy atom. The molecule has 1 amide bonds. The van der Waals surface area contributed by atoms with Crippen molar-refractivity contribution < 1.29 is 14.3 Å². The van der Waals surface area contributed by atoms with Gasteiger partial charge >= 0.3 is 5.97 Å². The number of amides is 1. The molecule has 0 aromatic heterocycles. The molecule has 0 aliphatic heterocycles. The first-order valence-electron chi connectivity index (χ1n) is 7.84. The fourth-order valence-corrected chi connectivity index (χ4v) is 2.91. The van der Waals surface area contributed by atoms with Gasteiger partial charge in [-0.1, -0.05) is 33.1 Å². The average molecular weight is 283 g/mol. The lowest BCUT2D eigenvalue weighted by Gasteiger charge is -2.28. The second-order valence-electron chi connectivity index (χ2n) is 6.39. The van der Waals surface area contributed by atoms with Gasteiger partial charge in [-0.15, -0.1) is 0 Å². The van der Waals surface area contributed by atoms with E-state index in [1.807, 2.05) is 6.92 Å². The molecule has 1 fully saturated rings. The molecule has 1 N–H and O–H groups in total. The van der Waals surface area contributed by atoms with Gasteiger partial charge in [-0.2, -0.15) is 0 Å². The smallest absolute Gasteiger partial charge is 0.310 e. The van der Waals surface area contributed by atoms with E-state index in [-0.39, 0.29) is 29.8 Å². The minimum absolute atomic E-state index is 0.117. The van der Waals surface area contributed by atoms with Crippen LogP contribution in [-0.2, 0) is 14.3 Å². The molecule has 1 rings (SSSR count). The quantitative estimate of drug-likeness (QED) is 0.763. The molecule has 20 heavy (non-hydrogen) atoms. The monoisotopic (exact) mass is 283 g/mol. The van der Waals surface area contributed by atoms with Crippen molar-refractivity contribution in [2.45, 2.75) is 65.3 Å². The van der Waals surface area contributed by atoms with Gasteiger partial charge in [0.15, 0.2) is 0 Å². The Balaban J connectivity index is 2.63. The zero-order valence-electron chi connectivity index (χ0n) is 13.3. The van der Waals surface area contributed by atoms with Gasteiger partial charge in [0, 0.05) is 12.0 Å². The number of esters is 1. The first-order chi connectivity index (χ1) is 9.45. The molecule has 116 valence electrons. The lowest BCUT2D eigenvalue weighted by molar-refractivity contribution is -0.146. The SMILES string of the molecule is COC(=O)C(C)[C@H](CC(C)C)NC(=O)C1CCCCC1. The van der Waals surface area contributed by atoms with Crippen molar-refractivity contribution >= 4 is 11.9 Å². The van der Waals surface area contributed by atoms with E-state index in [2.05, 4.69) is 19.2 Å². The largest absolute Gasteiger partial charge is 0.469 e. The van der Waals surface area contributed by atoms with Gasteiger partial charge < -0.3 is 10.1 Å². The number of carbonyl (C=O) groups excluding carboxylic acids is 2. The van der Waals surface area contributed by atoms with Crippen LogP contribution in [0, 0.1) is 17.8 Å². The highest BCUT2D eigenvalue weighted by Crippen LogP contribution is 2.24. The highest BCUT2D eigenvalue weighted by atomic mass is 16.5. The summed E-state index contributed by atoms with van der Waals surface area (Å²) in [5.41, 5.74) is 0. The zero-order chi connectivity index (χ0) is 15.1. The molecule has 0 saturated heterocycles. The van der Waals surface area contributed by atoms with Crippen molar-refractivity contribution in [2.24, 2.45) is 17.8 Å². The van der Waals surface area contributed by atoms with Gasteiger partial charge in [-0.3, -0.25) is 9.59 Å². The maximum Gasteiger partial charge on any atom is 0.310 e. The summed E-state index contributed by atoms with van der Waals surface area (Å²) in [5, 5.41) is 3.09. The Labute approximate surface area is 122 Å². The number of hydrogen-bond donors (Lipinski definition) is 1. The first-order valence-corrected chi connectivity index (χ1v) is 7.84. The van der Waals surface area contributed by atoms with Gasteiger partial charge in [0.25, 0.3) is 0 Å². The van der Waals surface area contributed by atoms with Crippen LogP contribution in [0.4, 0.5) is 0 Å². The summed E-state index contributed by atoms with van der Waals surface area (Å²) in [5.74, 6) is 0.127. The van der Waals surface area contributed by atoms with E-state index in [1.165, 1.54) is 13.5 Å². The Hall–Kier alpha value is -1.06. The third-order valence-electron chi connectivity index (χ3n) is 4.21. The summed E-state index contributed by atoms with van der Waals surface area (Å²) in [6, 6.07) is -0.128. The third-order valence-corrected chi connectivity index (χ3v) is 4.21. The molecule has 1 aliphatic rings. The molecule has 4 nitrogen and oxygen atoms in total. The lowest BCUT2D eigenvalue weighted by atomic mass is 9.87. The molecule has 0 aromatic rings. The first kappa shape index (κ1) is 17.0. The molecule has 1 unspecified atom stereocenters. The van der Waals surface area contributed by atoms with Crippen LogP contribution in [0.5, 0.6) is 0 Å². The summed E-state index contributed by atoms with van der Waals surface area (Å²) in [7, 11) is 1.40. The molecule has 0 spiro atoms. The number of methoxy groups -OCH3 is 1. The van der Waals surface area contributed by atoms with E-state index in [9.17, 15) is 9.59 Å². The van der Waals surface area contributed by atoms with Gasteiger partial charge in [-0.05, 0) is 32.1 Å². The summed E-state index contributed by atoms with van der Waals surface area (Å²) in [6.45, 7) is 6.04. The molecule has 1 aliphatic carbocycles. The minimum Gasteiger partial charge on any atom is -0.469 e. The van der Waals surface area contributed by atoms with Crippen LogP contribution < -0.4 is 5.32 Å². The normalized spacial score (nSPS) is 19.4. The number of rotatable bonds is 6. The fourth-order valence-electron chi connectivity index (χ4n) is 2.91. The molecular weight excluding hydrogens is 254 g/mol. The van der Waals surface area contributed by atoms with Crippen LogP contribution in [0.1, 0.15) is 59.3 Å². The van der Waals surface area contributed by atoms with E-state index in [4.69, 9.17) is 4.74 Å². The predicted octanol–water partition coefficient (Wildman–Crippen LogP) is 2.91. The van der Waals surface area contributed by atoms with Crippen LogP contribution in [0.2, 0.25) is 0 Å². The Bertz CT molecular complexity index is 322. The maximum atomic E-state index is 12.3. The lowest BCUT2D eigenvalue weighted by Crippen LogP contribution is -2.46. The Kier molecular flexibility index (Phi) is 7.03. The zero-order valence-corrected chi connectivity index (χ0v) is 13.3. The summed E-state index contributed by atoms with van der Waals surface area (Å²) < 4.78 is 4.81. The highest BCUT2D eigenvalue weighted by Gasteiger charge is 2.29. The predicted molar refractivity (Wildman–Crippen MR) is 79.1 cm³/mol. The highest BCUT2D eigenvalue weighted by molar-refractivity contribution is 5.80. The number of ether oxygens (including phenoxy) is 1. The molecule has 0 radical (unpaired) electrons. The van der Waals surface area contributed by atoms with Crippen molar-refractivity contribution in [3.05, 3.63) is 0 Å². The average Bonchev–Trinajstić information content (AvgIpc) is 2.45. The maximum absolute atomic E-state index is 12.3. The Morgan fingerprint density at radius 2 is 1.75 bits per heavy atom. The number of carbonyl (C=O) groups is 2. The molecule has 0 heterocycles. The molecule has 0 bridgehead atoms. The van der Waals surface area contributed by atoms with Crippen LogP contribution >= 0.6 is 0 Å². The minimum atomic E-state index is -0.296. The van der Waals surface area contributed by atoms with Gasteiger partial charge in [0.1, 0.15) is 0 Å². The fraction of sp³-hybridized carbons (Fsp3) is 0.875. The third kappa shape index (κ3) is 5.14. The van der Waals surface area contributed by atoms with Gasteiger partial charge in [0.05, 0.1) is 13.0 Å². The van der Waals surface area contributed by atoms with E-state index in [0.29, 0.717) is 5.92 Å². The van der Waals surface area contributed by atoms with Crippen molar-refractivity contribution in [1.29, 1.82) is 0 Å². The molecule has 4 heteroatoms. The van der Waals surface area contributed by atoms with Crippen molar-refractivity contribution in [3.8, 4) is 0 Å². The van der Waals surface area contributed by atoms with E-state index >= 15 is 0 Å². The van der Waals surface area contributed by atoms with Crippen molar-refractivity contribution in [3.63, 3.8) is 0 Å². The van der Waals surface area contributed by atoms with Crippen molar-refractivity contribution in [1.82, 2.24) is 5.32 Å². The Morgan fingerprint density at radius 3 is 2.25 bits per heavy atom. The van der Waals surface area contributed by atoms with Gasteiger partial charge in [0.2, 0.25) is 5.91 Å².